The van der Waals surface area contributed by atoms with Crippen LogP contribution in [0.1, 0.15) is 11.1 Å². The normalized spacial score (nSPS) is 11.1. The predicted molar refractivity (Wildman–Crippen MR) is 122 cm³/mol. The van der Waals surface area contributed by atoms with Crippen molar-refractivity contribution < 1.29 is 25.9 Å². The number of hydrogen-bond acceptors (Lipinski definition) is 6. The van der Waals surface area contributed by atoms with Crippen LogP contribution < -0.4 is 0 Å². The minimum atomic E-state index is -4.02. The van der Waals surface area contributed by atoms with Gasteiger partial charge in [0.15, 0.2) is 0 Å². The molecule has 1 aromatic heterocycles. The molecule has 0 fully saturated rings. The van der Waals surface area contributed by atoms with Crippen LogP contribution in [0.25, 0.3) is 10.2 Å². The van der Waals surface area contributed by atoms with Crippen LogP contribution in [0, 0.1) is 13.8 Å². The average Bonchev–Trinajstić information content (AvgIpc) is 3.17. The van der Waals surface area contributed by atoms with Crippen LogP contribution in [0.4, 0.5) is 0 Å². The molecule has 0 amide bonds. The summed E-state index contributed by atoms with van der Waals surface area (Å²) in [5, 5.41) is 0. The smallest absolute Gasteiger partial charge is 0.282 e. The lowest BCUT2D eigenvalue weighted by atomic mass is 10.2. The van der Waals surface area contributed by atoms with Gasteiger partial charge >= 0.3 is 0 Å². The lowest BCUT2D eigenvalue weighted by molar-refractivity contribution is 0.481. The van der Waals surface area contributed by atoms with Crippen molar-refractivity contribution in [2.45, 2.75) is 23.6 Å². The number of aryl methyl sites for hydroxylation is 2. The van der Waals surface area contributed by atoms with E-state index in [1.54, 1.807) is 35.6 Å². The van der Waals surface area contributed by atoms with Gasteiger partial charge in [-0.2, -0.15) is 16.8 Å². The second-order valence-electron chi connectivity index (χ2n) is 6.40. The van der Waals surface area contributed by atoms with Crippen molar-refractivity contribution in [3.8, 4) is 0 Å². The molecule has 0 spiro atoms. The number of nitrogens with zero attached hydrogens (tertiary/aromatic N) is 1. The Morgan fingerprint density at radius 2 is 1.10 bits per heavy atom. The second-order valence-corrected chi connectivity index (χ2v) is 10.1. The Labute approximate surface area is 185 Å². The number of rotatable bonds is 2. The minimum absolute atomic E-state index is 0.0666. The van der Waals surface area contributed by atoms with E-state index in [-0.39, 0.29) is 9.79 Å². The maximum Gasteiger partial charge on any atom is 0.294 e. The first-order chi connectivity index (χ1) is 14.5. The number of hydrogen-bond donors (Lipinski definition) is 2. The molecule has 31 heavy (non-hydrogen) atoms. The van der Waals surface area contributed by atoms with Crippen LogP contribution in [0.3, 0.4) is 0 Å². The van der Waals surface area contributed by atoms with Crippen LogP contribution in [0.15, 0.2) is 88.1 Å². The van der Waals surface area contributed by atoms with Crippen molar-refractivity contribution in [2.24, 2.45) is 0 Å². The molecule has 164 valence electrons. The molecular weight excluding hydrogens is 458 g/mol. The van der Waals surface area contributed by atoms with Gasteiger partial charge in [0.2, 0.25) is 0 Å². The highest BCUT2D eigenvalue weighted by Crippen LogP contribution is 2.15. The number of fused-ring (bicyclic) bond motifs is 1. The van der Waals surface area contributed by atoms with Gasteiger partial charge in [0, 0.05) is 0 Å². The SMILES string of the molecule is Cc1ccc(S(=O)(=O)O)cc1.Cc1ccc(S(=O)(=O)O)cc1.c1ccc2scnc2c1. The lowest BCUT2D eigenvalue weighted by Crippen LogP contribution is -1.96. The molecule has 0 saturated carbocycles. The van der Waals surface area contributed by atoms with E-state index >= 15 is 0 Å². The molecular formula is C21H21NO6S3. The van der Waals surface area contributed by atoms with Crippen LogP contribution in [-0.4, -0.2) is 30.9 Å². The maximum absolute atomic E-state index is 10.5. The molecule has 7 nitrogen and oxygen atoms in total. The Kier molecular flexibility index (Phi) is 8.43. The summed E-state index contributed by atoms with van der Waals surface area (Å²) in [6, 6.07) is 20.1. The summed E-state index contributed by atoms with van der Waals surface area (Å²) in [4.78, 5) is 4.00. The highest BCUT2D eigenvalue weighted by atomic mass is 32.2. The van der Waals surface area contributed by atoms with Crippen molar-refractivity contribution in [3.05, 3.63) is 89.4 Å². The molecule has 0 saturated heterocycles. The molecule has 4 rings (SSSR count). The van der Waals surface area contributed by atoms with E-state index in [1.807, 2.05) is 37.6 Å². The highest BCUT2D eigenvalue weighted by molar-refractivity contribution is 7.86. The molecule has 2 N–H and O–H groups in total. The van der Waals surface area contributed by atoms with Gasteiger partial charge in [-0.15, -0.1) is 11.3 Å². The first-order valence-electron chi connectivity index (χ1n) is 8.83. The Morgan fingerprint density at radius 1 is 0.677 bits per heavy atom. The summed E-state index contributed by atoms with van der Waals surface area (Å²) in [5.41, 5.74) is 4.88. The topological polar surface area (TPSA) is 122 Å². The monoisotopic (exact) mass is 479 g/mol. The average molecular weight is 480 g/mol. The van der Waals surface area contributed by atoms with Gasteiger partial charge in [-0.25, -0.2) is 4.98 Å². The van der Waals surface area contributed by atoms with Crippen molar-refractivity contribution in [1.82, 2.24) is 4.98 Å². The van der Waals surface area contributed by atoms with E-state index < -0.39 is 20.2 Å². The maximum atomic E-state index is 10.5. The summed E-state index contributed by atoms with van der Waals surface area (Å²) in [6.45, 7) is 3.68. The van der Waals surface area contributed by atoms with E-state index in [0.717, 1.165) is 16.6 Å². The lowest BCUT2D eigenvalue weighted by Gasteiger charge is -1.95. The van der Waals surface area contributed by atoms with Crippen LogP contribution in [-0.2, 0) is 20.2 Å². The Balaban J connectivity index is 0.000000166. The molecule has 0 aliphatic heterocycles. The Morgan fingerprint density at radius 3 is 1.48 bits per heavy atom. The quantitative estimate of drug-likeness (QED) is 0.397. The third-order valence-corrected chi connectivity index (χ3v) is 6.42. The fourth-order valence-electron chi connectivity index (χ4n) is 2.22. The van der Waals surface area contributed by atoms with Gasteiger partial charge in [-0.1, -0.05) is 47.5 Å². The van der Waals surface area contributed by atoms with E-state index in [0.29, 0.717) is 0 Å². The van der Waals surface area contributed by atoms with Gasteiger partial charge < -0.3 is 0 Å². The summed E-state index contributed by atoms with van der Waals surface area (Å²) in [5.74, 6) is 0. The van der Waals surface area contributed by atoms with Crippen molar-refractivity contribution in [1.29, 1.82) is 0 Å². The minimum Gasteiger partial charge on any atom is -0.282 e. The predicted octanol–water partition coefficient (Wildman–Crippen LogP) is 4.78. The van der Waals surface area contributed by atoms with E-state index in [2.05, 4.69) is 11.1 Å². The molecule has 0 aliphatic rings. The second kappa shape index (κ2) is 10.6. The molecule has 3 aromatic carbocycles. The summed E-state index contributed by atoms with van der Waals surface area (Å²) in [6.07, 6.45) is 0. The standard InChI is InChI=1S/C7H5NS.2C7H8O3S/c1-2-4-7-6(3-1)8-5-9-7;2*1-6-2-4-7(5-3-6)11(8,9)10/h1-5H;2*2-5H,1H3,(H,8,9,10). The number of thiazole rings is 1. The molecule has 0 radical (unpaired) electrons. The van der Waals surface area contributed by atoms with Crippen LogP contribution in [0.2, 0.25) is 0 Å². The van der Waals surface area contributed by atoms with Crippen molar-refractivity contribution in [3.63, 3.8) is 0 Å². The Hall–Kier alpha value is -2.63. The molecule has 10 heteroatoms. The van der Waals surface area contributed by atoms with Crippen LogP contribution >= 0.6 is 11.3 Å². The third-order valence-electron chi connectivity index (χ3n) is 3.87. The number of benzene rings is 3. The fraction of sp³-hybridized carbons (Fsp3) is 0.0952. The highest BCUT2D eigenvalue weighted by Gasteiger charge is 2.07. The van der Waals surface area contributed by atoms with Crippen molar-refractivity contribution in [2.75, 3.05) is 0 Å². The van der Waals surface area contributed by atoms with Gasteiger partial charge in [0.1, 0.15) is 0 Å². The van der Waals surface area contributed by atoms with Gasteiger partial charge in [-0.05, 0) is 50.2 Å². The summed E-state index contributed by atoms with van der Waals surface area (Å²) >= 11 is 1.68. The van der Waals surface area contributed by atoms with E-state index in [9.17, 15) is 16.8 Å². The largest absolute Gasteiger partial charge is 0.294 e. The van der Waals surface area contributed by atoms with Gasteiger partial charge in [-0.3, -0.25) is 9.11 Å². The molecule has 1 heterocycles. The van der Waals surface area contributed by atoms with E-state index in [4.69, 9.17) is 9.11 Å². The van der Waals surface area contributed by atoms with E-state index in [1.165, 1.54) is 29.0 Å². The zero-order chi connectivity index (χ0) is 23.1. The van der Waals surface area contributed by atoms with Gasteiger partial charge in [0.25, 0.3) is 20.2 Å². The summed E-state index contributed by atoms with van der Waals surface area (Å²) in [7, 11) is -8.04. The first-order valence-corrected chi connectivity index (χ1v) is 12.6. The molecule has 0 unspecified atom stereocenters. The fourth-order valence-corrected chi connectivity index (χ4v) is 3.86. The molecule has 0 atom stereocenters. The first kappa shape index (κ1) is 24.6. The molecule has 0 bridgehead atoms. The van der Waals surface area contributed by atoms with Crippen molar-refractivity contribution >= 4 is 41.8 Å². The van der Waals surface area contributed by atoms with Crippen LogP contribution in [0.5, 0.6) is 0 Å². The molecule has 4 aromatic rings. The molecule has 0 aliphatic carbocycles. The number of aromatic nitrogens is 1. The third kappa shape index (κ3) is 8.19. The summed E-state index contributed by atoms with van der Waals surface area (Å²) < 4.78 is 60.4. The zero-order valence-electron chi connectivity index (χ0n) is 16.7. The van der Waals surface area contributed by atoms with Gasteiger partial charge in [0.05, 0.1) is 25.5 Å². The zero-order valence-corrected chi connectivity index (χ0v) is 19.2. The Bertz CT molecular complexity index is 1220. The number of para-hydroxylation sites is 1.